The van der Waals surface area contributed by atoms with E-state index < -0.39 is 12.0 Å². The van der Waals surface area contributed by atoms with Crippen LogP contribution < -0.4 is 14.9 Å². The number of allylic oxidation sites excluding steroid dienone is 1. The zero-order chi connectivity index (χ0) is 23.0. The van der Waals surface area contributed by atoms with E-state index in [1.54, 1.807) is 38.1 Å². The van der Waals surface area contributed by atoms with Crippen LogP contribution in [0.3, 0.4) is 0 Å². The van der Waals surface area contributed by atoms with Gasteiger partial charge < -0.3 is 9.84 Å². The lowest BCUT2D eigenvalue weighted by molar-refractivity contribution is -0.139. The van der Waals surface area contributed by atoms with Gasteiger partial charge in [0, 0.05) is 14.5 Å². The van der Waals surface area contributed by atoms with Gasteiger partial charge in [0.2, 0.25) is 0 Å². The van der Waals surface area contributed by atoms with E-state index in [0.29, 0.717) is 26.2 Å². The highest BCUT2D eigenvalue weighted by molar-refractivity contribution is 9.10. The van der Waals surface area contributed by atoms with E-state index in [1.807, 2.05) is 24.3 Å². The maximum absolute atomic E-state index is 13.5. The standard InChI is InChI=1S/C23H18Br2N2O4S/c1-3-31-22(30)19-12(2)26-23-27(20(19)13-4-6-15(24)7-5-13)21(29)18(32-23)11-14-10-16(25)8-9-17(14)28/h4-11,20,28H,3H2,1-2H3/b18-11-/t20-/m0/s1. The fourth-order valence-electron chi connectivity index (χ4n) is 3.53. The molecule has 0 aliphatic carbocycles. The lowest BCUT2D eigenvalue weighted by Gasteiger charge is -2.24. The third-order valence-electron chi connectivity index (χ3n) is 4.98. The number of halogens is 2. The first-order valence-corrected chi connectivity index (χ1v) is 12.1. The Balaban J connectivity index is 1.97. The Kier molecular flexibility index (Phi) is 6.50. The first-order chi connectivity index (χ1) is 15.3. The van der Waals surface area contributed by atoms with E-state index in [9.17, 15) is 14.7 Å². The maximum Gasteiger partial charge on any atom is 0.338 e. The SMILES string of the molecule is CCOC(=O)C1=C(C)N=c2s/c(=C\c3cc(Br)ccc3O)c(=O)n2[C@H]1c1ccc(Br)cc1. The highest BCUT2D eigenvalue weighted by Gasteiger charge is 2.33. The number of carbonyl (C=O) groups excluding carboxylic acids is 1. The first-order valence-electron chi connectivity index (χ1n) is 9.73. The number of ether oxygens (including phenoxy) is 1. The molecule has 32 heavy (non-hydrogen) atoms. The van der Waals surface area contributed by atoms with Crippen LogP contribution in [0.25, 0.3) is 6.08 Å². The molecule has 0 bridgehead atoms. The summed E-state index contributed by atoms with van der Waals surface area (Å²) in [4.78, 5) is 31.4. The van der Waals surface area contributed by atoms with Gasteiger partial charge in [-0.25, -0.2) is 9.79 Å². The number of phenolic OH excluding ortho intramolecular Hbond substituents is 1. The van der Waals surface area contributed by atoms with Gasteiger partial charge in [-0.2, -0.15) is 0 Å². The Hall–Kier alpha value is -2.49. The first kappa shape index (κ1) is 22.7. The van der Waals surface area contributed by atoms with Crippen molar-refractivity contribution in [3.63, 3.8) is 0 Å². The second-order valence-electron chi connectivity index (χ2n) is 7.06. The average molecular weight is 578 g/mol. The van der Waals surface area contributed by atoms with Crippen LogP contribution in [-0.2, 0) is 9.53 Å². The molecular weight excluding hydrogens is 560 g/mol. The number of esters is 1. The smallest absolute Gasteiger partial charge is 0.338 e. The van der Waals surface area contributed by atoms with Crippen LogP contribution >= 0.6 is 43.2 Å². The zero-order valence-electron chi connectivity index (χ0n) is 17.1. The molecule has 1 aromatic heterocycles. The summed E-state index contributed by atoms with van der Waals surface area (Å²) in [5.41, 5.74) is 1.82. The molecule has 2 heterocycles. The van der Waals surface area contributed by atoms with Crippen molar-refractivity contribution in [2.24, 2.45) is 4.99 Å². The number of hydrogen-bond donors (Lipinski definition) is 1. The van der Waals surface area contributed by atoms with Crippen LogP contribution in [0.2, 0.25) is 0 Å². The third-order valence-corrected chi connectivity index (χ3v) is 6.98. The molecule has 1 N–H and O–H groups in total. The molecule has 0 amide bonds. The van der Waals surface area contributed by atoms with Crippen molar-refractivity contribution in [1.29, 1.82) is 0 Å². The van der Waals surface area contributed by atoms with Crippen molar-refractivity contribution < 1.29 is 14.6 Å². The molecule has 164 valence electrons. The summed E-state index contributed by atoms with van der Waals surface area (Å²) in [7, 11) is 0. The number of phenols is 1. The molecule has 1 aliphatic heterocycles. The number of rotatable bonds is 4. The predicted molar refractivity (Wildman–Crippen MR) is 130 cm³/mol. The van der Waals surface area contributed by atoms with Crippen LogP contribution in [0.4, 0.5) is 0 Å². The van der Waals surface area contributed by atoms with E-state index in [0.717, 1.165) is 14.5 Å². The molecule has 0 saturated heterocycles. The second kappa shape index (κ2) is 9.17. The van der Waals surface area contributed by atoms with Gasteiger partial charge in [0.25, 0.3) is 5.56 Å². The Labute approximate surface area is 204 Å². The number of hydrogen-bond acceptors (Lipinski definition) is 6. The fraction of sp³-hybridized carbons (Fsp3) is 0.174. The van der Waals surface area contributed by atoms with Crippen LogP contribution in [0, 0.1) is 0 Å². The lowest BCUT2D eigenvalue weighted by atomic mass is 9.96. The molecule has 0 saturated carbocycles. The molecule has 3 aromatic rings. The van der Waals surface area contributed by atoms with Gasteiger partial charge in [0.15, 0.2) is 4.80 Å². The molecule has 1 aliphatic rings. The van der Waals surface area contributed by atoms with Crippen LogP contribution in [0.15, 0.2) is 72.5 Å². The van der Waals surface area contributed by atoms with Crippen molar-refractivity contribution in [1.82, 2.24) is 4.57 Å². The van der Waals surface area contributed by atoms with Gasteiger partial charge >= 0.3 is 5.97 Å². The predicted octanol–water partition coefficient (Wildman–Crippen LogP) is 4.03. The van der Waals surface area contributed by atoms with Crippen LogP contribution in [-0.4, -0.2) is 22.2 Å². The summed E-state index contributed by atoms with van der Waals surface area (Å²) in [5.74, 6) is -0.438. The number of benzene rings is 2. The van der Waals surface area contributed by atoms with Crippen molar-refractivity contribution in [2.45, 2.75) is 19.9 Å². The normalized spacial score (nSPS) is 16.0. The molecule has 4 rings (SSSR count). The molecule has 2 aromatic carbocycles. The lowest BCUT2D eigenvalue weighted by Crippen LogP contribution is -2.39. The highest BCUT2D eigenvalue weighted by atomic mass is 79.9. The van der Waals surface area contributed by atoms with Crippen LogP contribution in [0.1, 0.15) is 31.0 Å². The molecule has 0 fully saturated rings. The summed E-state index contributed by atoms with van der Waals surface area (Å²) in [6.45, 7) is 3.70. The molecule has 9 heteroatoms. The summed E-state index contributed by atoms with van der Waals surface area (Å²) >= 11 is 8.03. The molecule has 1 atom stereocenters. The number of carbonyl (C=O) groups is 1. The fourth-order valence-corrected chi connectivity index (χ4v) is 5.21. The van der Waals surface area contributed by atoms with E-state index in [-0.39, 0.29) is 17.9 Å². The second-order valence-corrected chi connectivity index (χ2v) is 9.90. The Morgan fingerprint density at radius 2 is 1.91 bits per heavy atom. The maximum atomic E-state index is 13.5. The minimum absolute atomic E-state index is 0.0619. The summed E-state index contributed by atoms with van der Waals surface area (Å²) in [6, 6.07) is 11.8. The van der Waals surface area contributed by atoms with Gasteiger partial charge in [0.05, 0.1) is 28.5 Å². The summed E-state index contributed by atoms with van der Waals surface area (Å²) in [6.07, 6.45) is 1.63. The number of thiazole rings is 1. The van der Waals surface area contributed by atoms with Crippen molar-refractivity contribution >= 4 is 55.2 Å². The Morgan fingerprint density at radius 3 is 2.59 bits per heavy atom. The highest BCUT2D eigenvalue weighted by Crippen LogP contribution is 2.31. The van der Waals surface area contributed by atoms with Gasteiger partial charge in [-0.1, -0.05) is 55.3 Å². The Bertz CT molecular complexity index is 1420. The zero-order valence-corrected chi connectivity index (χ0v) is 21.1. The molecule has 0 radical (unpaired) electrons. The summed E-state index contributed by atoms with van der Waals surface area (Å²) < 4.78 is 8.88. The summed E-state index contributed by atoms with van der Waals surface area (Å²) in [5, 5.41) is 10.2. The molecular formula is C23H18Br2N2O4S. The van der Waals surface area contributed by atoms with E-state index in [2.05, 4.69) is 36.9 Å². The van der Waals surface area contributed by atoms with Gasteiger partial charge in [-0.3, -0.25) is 9.36 Å². The minimum atomic E-state index is -0.670. The molecule has 0 spiro atoms. The van der Waals surface area contributed by atoms with Crippen molar-refractivity contribution in [2.75, 3.05) is 6.61 Å². The van der Waals surface area contributed by atoms with Crippen LogP contribution in [0.5, 0.6) is 5.75 Å². The van der Waals surface area contributed by atoms with Crippen molar-refractivity contribution in [3.05, 3.63) is 93.5 Å². The number of aromatic nitrogens is 1. The third kappa shape index (κ3) is 4.24. The van der Waals surface area contributed by atoms with Gasteiger partial charge in [-0.05, 0) is 55.8 Å². The van der Waals surface area contributed by atoms with Gasteiger partial charge in [0.1, 0.15) is 5.75 Å². The van der Waals surface area contributed by atoms with E-state index in [4.69, 9.17) is 4.74 Å². The molecule has 0 unspecified atom stereocenters. The monoisotopic (exact) mass is 576 g/mol. The van der Waals surface area contributed by atoms with Crippen molar-refractivity contribution in [3.8, 4) is 5.75 Å². The van der Waals surface area contributed by atoms with Gasteiger partial charge in [-0.15, -0.1) is 0 Å². The number of fused-ring (bicyclic) bond motifs is 1. The number of aromatic hydroxyl groups is 1. The number of nitrogens with zero attached hydrogens (tertiary/aromatic N) is 2. The topological polar surface area (TPSA) is 80.9 Å². The average Bonchev–Trinajstić information content (AvgIpc) is 3.05. The molecule has 6 nitrogen and oxygen atoms in total. The minimum Gasteiger partial charge on any atom is -0.507 e. The quantitative estimate of drug-likeness (QED) is 0.475. The Morgan fingerprint density at radius 1 is 1.22 bits per heavy atom. The van der Waals surface area contributed by atoms with E-state index >= 15 is 0 Å². The van der Waals surface area contributed by atoms with E-state index in [1.165, 1.54) is 15.9 Å². The largest absolute Gasteiger partial charge is 0.507 e.